The average Bonchev–Trinajstić information content (AvgIpc) is 2.80. The number of primary amides is 1. The fourth-order valence-corrected chi connectivity index (χ4v) is 3.78. The summed E-state index contributed by atoms with van der Waals surface area (Å²) < 4.78 is 13.3. The fourth-order valence-electron chi connectivity index (χ4n) is 3.78. The highest BCUT2D eigenvalue weighted by Crippen LogP contribution is 2.28. The van der Waals surface area contributed by atoms with Crippen molar-refractivity contribution in [3.05, 3.63) is 107 Å². The van der Waals surface area contributed by atoms with Crippen molar-refractivity contribution in [1.29, 1.82) is 0 Å². The lowest BCUT2D eigenvalue weighted by Gasteiger charge is -2.28. The maximum atomic E-state index is 13.3. The van der Waals surface area contributed by atoms with Crippen LogP contribution in [0.25, 0.3) is 0 Å². The molecule has 0 aliphatic heterocycles. The summed E-state index contributed by atoms with van der Waals surface area (Å²) in [7, 11) is 0. The lowest BCUT2D eigenvalue weighted by atomic mass is 9.84. The van der Waals surface area contributed by atoms with Gasteiger partial charge in [-0.25, -0.2) is 4.39 Å². The smallest absolute Gasteiger partial charge is 0.243 e. The highest BCUT2D eigenvalue weighted by molar-refractivity contribution is 5.92. The van der Waals surface area contributed by atoms with Crippen LogP contribution in [0.3, 0.4) is 0 Å². The lowest BCUT2D eigenvalue weighted by molar-refractivity contribution is -0.131. The van der Waals surface area contributed by atoms with E-state index in [0.717, 1.165) is 11.1 Å². The summed E-state index contributed by atoms with van der Waals surface area (Å²) in [5.41, 5.74) is 8.02. The van der Waals surface area contributed by atoms with Crippen molar-refractivity contribution >= 4 is 17.7 Å². The Kier molecular flexibility index (Phi) is 7.91. The van der Waals surface area contributed by atoms with E-state index in [-0.39, 0.29) is 6.42 Å². The highest BCUT2D eigenvalue weighted by atomic mass is 19.1. The summed E-state index contributed by atoms with van der Waals surface area (Å²) in [6.07, 6.45) is 0.124. The minimum absolute atomic E-state index is 0.124. The molecule has 0 saturated heterocycles. The number of amides is 3. The minimum atomic E-state index is -1.06. The van der Waals surface area contributed by atoms with Crippen LogP contribution in [0.4, 0.5) is 4.39 Å². The molecule has 0 aromatic heterocycles. The topological polar surface area (TPSA) is 101 Å². The molecule has 0 fully saturated rings. The molecule has 6 nitrogen and oxygen atoms in total. The standard InChI is InChI=1S/C26H26FN3O3/c1-17(31)29-22(16-18-12-14-21(27)15-13-18)26(33)30-24(25(28)32)23(19-8-4-2-5-9-19)20-10-6-3-7-11-20/h2-15,22-24H,16H2,1H3,(H2,28,32)(H,29,31)(H,30,33)/t22-,24+/m0/s1. The van der Waals surface area contributed by atoms with Crippen LogP contribution in [-0.2, 0) is 20.8 Å². The summed E-state index contributed by atoms with van der Waals surface area (Å²) in [4.78, 5) is 37.5. The van der Waals surface area contributed by atoms with E-state index in [1.807, 2.05) is 60.7 Å². The Morgan fingerprint density at radius 1 is 0.818 bits per heavy atom. The molecule has 3 aromatic rings. The summed E-state index contributed by atoms with van der Waals surface area (Å²) in [6, 6.07) is 22.2. The SMILES string of the molecule is CC(=O)N[C@@H](Cc1ccc(F)cc1)C(=O)N[C@@H](C(N)=O)C(c1ccccc1)c1ccccc1. The third-order valence-corrected chi connectivity index (χ3v) is 5.30. The van der Waals surface area contributed by atoms with Crippen molar-refractivity contribution in [2.45, 2.75) is 31.3 Å². The highest BCUT2D eigenvalue weighted by Gasteiger charge is 2.33. The van der Waals surface area contributed by atoms with Crippen LogP contribution in [0.1, 0.15) is 29.5 Å². The van der Waals surface area contributed by atoms with E-state index < -0.39 is 41.5 Å². The van der Waals surface area contributed by atoms with Crippen molar-refractivity contribution in [2.75, 3.05) is 0 Å². The van der Waals surface area contributed by atoms with Gasteiger partial charge in [0.05, 0.1) is 0 Å². The number of halogens is 1. The van der Waals surface area contributed by atoms with Gasteiger partial charge in [0, 0.05) is 19.3 Å². The molecule has 7 heteroatoms. The fraction of sp³-hybridized carbons (Fsp3) is 0.192. The molecule has 33 heavy (non-hydrogen) atoms. The zero-order chi connectivity index (χ0) is 23.8. The number of benzene rings is 3. The van der Waals surface area contributed by atoms with Crippen molar-refractivity contribution < 1.29 is 18.8 Å². The zero-order valence-electron chi connectivity index (χ0n) is 18.2. The number of nitrogens with two attached hydrogens (primary N) is 1. The van der Waals surface area contributed by atoms with E-state index in [1.54, 1.807) is 12.1 Å². The molecule has 0 aliphatic rings. The van der Waals surface area contributed by atoms with Gasteiger partial charge in [0.1, 0.15) is 17.9 Å². The summed E-state index contributed by atoms with van der Waals surface area (Å²) in [5.74, 6) is -2.60. The lowest BCUT2D eigenvalue weighted by Crippen LogP contribution is -2.55. The first kappa shape index (κ1) is 23.7. The Morgan fingerprint density at radius 3 is 1.79 bits per heavy atom. The monoisotopic (exact) mass is 447 g/mol. The minimum Gasteiger partial charge on any atom is -0.368 e. The van der Waals surface area contributed by atoms with Crippen LogP contribution in [0.5, 0.6) is 0 Å². The molecule has 0 unspecified atom stereocenters. The van der Waals surface area contributed by atoms with E-state index in [0.29, 0.717) is 5.56 Å². The maximum Gasteiger partial charge on any atom is 0.243 e. The molecule has 0 aliphatic carbocycles. The van der Waals surface area contributed by atoms with Gasteiger partial charge < -0.3 is 16.4 Å². The molecule has 3 amide bonds. The largest absolute Gasteiger partial charge is 0.368 e. The van der Waals surface area contributed by atoms with Crippen molar-refractivity contribution in [1.82, 2.24) is 10.6 Å². The van der Waals surface area contributed by atoms with Crippen LogP contribution in [0.2, 0.25) is 0 Å². The first-order valence-electron chi connectivity index (χ1n) is 10.6. The quantitative estimate of drug-likeness (QED) is 0.470. The molecule has 2 atom stereocenters. The predicted octanol–water partition coefficient (Wildman–Crippen LogP) is 2.68. The van der Waals surface area contributed by atoms with Crippen molar-refractivity contribution in [3.8, 4) is 0 Å². The van der Waals surface area contributed by atoms with Crippen LogP contribution in [0, 0.1) is 5.82 Å². The summed E-state index contributed by atoms with van der Waals surface area (Å²) in [6.45, 7) is 1.30. The van der Waals surface area contributed by atoms with Gasteiger partial charge in [0.2, 0.25) is 17.7 Å². The van der Waals surface area contributed by atoms with Crippen LogP contribution >= 0.6 is 0 Å². The molecule has 0 radical (unpaired) electrons. The van der Waals surface area contributed by atoms with Gasteiger partial charge in [0.15, 0.2) is 0 Å². The average molecular weight is 448 g/mol. The Balaban J connectivity index is 1.91. The van der Waals surface area contributed by atoms with E-state index >= 15 is 0 Å². The number of hydrogen-bond donors (Lipinski definition) is 3. The molecular weight excluding hydrogens is 421 g/mol. The molecule has 3 rings (SSSR count). The second-order valence-corrected chi connectivity index (χ2v) is 7.77. The molecule has 0 saturated carbocycles. The predicted molar refractivity (Wildman–Crippen MR) is 124 cm³/mol. The van der Waals surface area contributed by atoms with Crippen molar-refractivity contribution in [2.24, 2.45) is 5.73 Å². The Bertz CT molecular complexity index is 1050. The Hall–Kier alpha value is -4.00. The van der Waals surface area contributed by atoms with E-state index in [4.69, 9.17) is 5.73 Å². The molecule has 4 N–H and O–H groups in total. The Morgan fingerprint density at radius 2 is 1.33 bits per heavy atom. The molecule has 3 aromatic carbocycles. The first-order valence-corrected chi connectivity index (χ1v) is 10.6. The van der Waals surface area contributed by atoms with Gasteiger partial charge in [-0.05, 0) is 28.8 Å². The van der Waals surface area contributed by atoms with Crippen molar-refractivity contribution in [3.63, 3.8) is 0 Å². The maximum absolute atomic E-state index is 13.3. The number of carbonyl (C=O) groups excluding carboxylic acids is 3. The summed E-state index contributed by atoms with van der Waals surface area (Å²) >= 11 is 0. The third-order valence-electron chi connectivity index (χ3n) is 5.30. The molecule has 0 heterocycles. The number of nitrogens with one attached hydrogen (secondary N) is 2. The van der Waals surface area contributed by atoms with Gasteiger partial charge in [-0.2, -0.15) is 0 Å². The van der Waals surface area contributed by atoms with Crippen LogP contribution in [-0.4, -0.2) is 29.8 Å². The second-order valence-electron chi connectivity index (χ2n) is 7.77. The molecule has 170 valence electrons. The van der Waals surface area contributed by atoms with Gasteiger partial charge in [-0.1, -0.05) is 72.8 Å². The number of carbonyl (C=O) groups is 3. The second kappa shape index (κ2) is 11.0. The van der Waals surface area contributed by atoms with Gasteiger partial charge in [0.25, 0.3) is 0 Å². The van der Waals surface area contributed by atoms with E-state index in [2.05, 4.69) is 10.6 Å². The molecular formula is C26H26FN3O3. The number of hydrogen-bond acceptors (Lipinski definition) is 3. The van der Waals surface area contributed by atoms with E-state index in [9.17, 15) is 18.8 Å². The molecule has 0 spiro atoms. The summed E-state index contributed by atoms with van der Waals surface area (Å²) in [5, 5.41) is 5.36. The van der Waals surface area contributed by atoms with Gasteiger partial charge in [-0.15, -0.1) is 0 Å². The number of rotatable bonds is 9. The molecule has 0 bridgehead atoms. The normalized spacial score (nSPS) is 12.6. The zero-order valence-corrected chi connectivity index (χ0v) is 18.2. The van der Waals surface area contributed by atoms with Crippen LogP contribution < -0.4 is 16.4 Å². The van der Waals surface area contributed by atoms with E-state index in [1.165, 1.54) is 19.1 Å². The van der Waals surface area contributed by atoms with Gasteiger partial charge >= 0.3 is 0 Å². The first-order chi connectivity index (χ1) is 15.8. The van der Waals surface area contributed by atoms with Gasteiger partial charge in [-0.3, -0.25) is 14.4 Å². The Labute approximate surface area is 192 Å². The van der Waals surface area contributed by atoms with Crippen LogP contribution in [0.15, 0.2) is 84.9 Å². The third kappa shape index (κ3) is 6.49.